The van der Waals surface area contributed by atoms with E-state index < -0.39 is 0 Å². The van der Waals surface area contributed by atoms with Gasteiger partial charge in [0, 0.05) is 31.2 Å². The molecule has 0 bridgehead atoms. The summed E-state index contributed by atoms with van der Waals surface area (Å²) >= 11 is 0. The monoisotopic (exact) mass is 253 g/mol. The fourth-order valence-corrected chi connectivity index (χ4v) is 3.40. The number of hydrogen-bond acceptors (Lipinski definition) is 3. The lowest BCUT2D eigenvalue weighted by molar-refractivity contribution is -0.123. The van der Waals surface area contributed by atoms with Gasteiger partial charge in [-0.15, -0.1) is 0 Å². The van der Waals surface area contributed by atoms with E-state index in [4.69, 9.17) is 4.74 Å². The number of nitrogens with zero attached hydrogens (tertiary/aromatic N) is 1. The largest absolute Gasteiger partial charge is 0.381 e. The van der Waals surface area contributed by atoms with Gasteiger partial charge < -0.3 is 14.4 Å². The molecule has 104 valence electrons. The maximum absolute atomic E-state index is 11.5. The zero-order valence-electron chi connectivity index (χ0n) is 11.9. The zero-order valence-corrected chi connectivity index (χ0v) is 11.9. The molecule has 18 heavy (non-hydrogen) atoms. The van der Waals surface area contributed by atoms with Crippen molar-refractivity contribution in [3.63, 3.8) is 0 Å². The van der Waals surface area contributed by atoms with Crippen LogP contribution in [-0.2, 0) is 9.53 Å². The fraction of sp³-hybridized carbons (Fsp3) is 0.933. The van der Waals surface area contributed by atoms with Crippen molar-refractivity contribution in [2.24, 2.45) is 11.3 Å². The van der Waals surface area contributed by atoms with E-state index in [9.17, 15) is 4.79 Å². The summed E-state index contributed by atoms with van der Waals surface area (Å²) in [5.41, 5.74) is -0.143. The van der Waals surface area contributed by atoms with Crippen LogP contribution < -0.4 is 0 Å². The quantitative estimate of drug-likeness (QED) is 0.721. The molecule has 2 fully saturated rings. The lowest BCUT2D eigenvalue weighted by Gasteiger charge is -2.40. The number of ether oxygens (including phenoxy) is 1. The number of aldehydes is 1. The van der Waals surface area contributed by atoms with Gasteiger partial charge in [0.05, 0.1) is 0 Å². The fourth-order valence-electron chi connectivity index (χ4n) is 3.40. The molecule has 0 radical (unpaired) electrons. The summed E-state index contributed by atoms with van der Waals surface area (Å²) in [6.07, 6.45) is 8.25. The topological polar surface area (TPSA) is 29.5 Å². The van der Waals surface area contributed by atoms with Gasteiger partial charge in [-0.3, -0.25) is 0 Å². The molecule has 1 aliphatic carbocycles. The van der Waals surface area contributed by atoms with E-state index in [0.717, 1.165) is 38.5 Å². The molecule has 0 aromatic rings. The molecule has 1 heterocycles. The summed E-state index contributed by atoms with van der Waals surface area (Å²) in [4.78, 5) is 13.9. The van der Waals surface area contributed by atoms with E-state index in [0.29, 0.717) is 6.04 Å². The third kappa shape index (κ3) is 3.33. The number of carbonyl (C=O) groups excluding carboxylic acids is 1. The van der Waals surface area contributed by atoms with E-state index in [-0.39, 0.29) is 5.41 Å². The van der Waals surface area contributed by atoms with E-state index in [2.05, 4.69) is 18.9 Å². The maximum Gasteiger partial charge on any atom is 0.127 e. The Morgan fingerprint density at radius 1 is 1.22 bits per heavy atom. The molecule has 0 aromatic carbocycles. The lowest BCUT2D eigenvalue weighted by Crippen LogP contribution is -2.45. The molecule has 3 nitrogen and oxygen atoms in total. The minimum absolute atomic E-state index is 0.143. The molecule has 2 rings (SSSR count). The number of carbonyl (C=O) groups is 1. The van der Waals surface area contributed by atoms with Crippen LogP contribution >= 0.6 is 0 Å². The van der Waals surface area contributed by atoms with Crippen LogP contribution in [-0.4, -0.2) is 44.0 Å². The zero-order chi connectivity index (χ0) is 13.0. The van der Waals surface area contributed by atoms with E-state index in [1.807, 2.05) is 0 Å². The minimum atomic E-state index is -0.143. The summed E-state index contributed by atoms with van der Waals surface area (Å²) in [7, 11) is 2.20. The standard InChI is InChI=1S/C15H27NO2/c1-13-3-5-14(6-4-13)16(2)11-15(12-17)7-9-18-10-8-15/h12-14H,3-11H2,1-2H3. The Kier molecular flexibility index (Phi) is 4.79. The minimum Gasteiger partial charge on any atom is -0.381 e. The molecule has 0 spiro atoms. The molecule has 1 aliphatic heterocycles. The Morgan fingerprint density at radius 2 is 1.83 bits per heavy atom. The summed E-state index contributed by atoms with van der Waals surface area (Å²) in [5.74, 6) is 0.887. The number of hydrogen-bond donors (Lipinski definition) is 0. The third-order valence-electron chi connectivity index (χ3n) is 4.91. The smallest absolute Gasteiger partial charge is 0.127 e. The van der Waals surface area contributed by atoms with Gasteiger partial charge in [0.25, 0.3) is 0 Å². The van der Waals surface area contributed by atoms with Crippen LogP contribution in [0.15, 0.2) is 0 Å². The van der Waals surface area contributed by atoms with E-state index in [1.54, 1.807) is 0 Å². The van der Waals surface area contributed by atoms with Crippen molar-refractivity contribution in [1.29, 1.82) is 0 Å². The Hall–Kier alpha value is -0.410. The maximum atomic E-state index is 11.5. The average molecular weight is 253 g/mol. The Balaban J connectivity index is 1.88. The molecule has 1 saturated carbocycles. The predicted octanol–water partition coefficient (Wildman–Crippen LogP) is 2.49. The molecule has 0 aromatic heterocycles. The Bertz CT molecular complexity index is 266. The second-order valence-corrected chi connectivity index (χ2v) is 6.42. The van der Waals surface area contributed by atoms with E-state index >= 15 is 0 Å². The van der Waals surface area contributed by atoms with Gasteiger partial charge in [0.15, 0.2) is 0 Å². The van der Waals surface area contributed by atoms with Crippen LogP contribution in [0.4, 0.5) is 0 Å². The van der Waals surface area contributed by atoms with Crippen molar-refractivity contribution in [2.45, 2.75) is 51.5 Å². The number of rotatable bonds is 4. The first kappa shape index (κ1) is 14.0. The van der Waals surface area contributed by atoms with Crippen molar-refractivity contribution in [3.05, 3.63) is 0 Å². The van der Waals surface area contributed by atoms with Gasteiger partial charge in [0.2, 0.25) is 0 Å². The first-order valence-corrected chi connectivity index (χ1v) is 7.39. The highest BCUT2D eigenvalue weighted by atomic mass is 16.5. The molecule has 0 atom stereocenters. The molecule has 0 unspecified atom stereocenters. The second-order valence-electron chi connectivity index (χ2n) is 6.42. The van der Waals surface area contributed by atoms with Crippen molar-refractivity contribution in [2.75, 3.05) is 26.8 Å². The normalized spacial score (nSPS) is 32.4. The molecule has 3 heteroatoms. The molecule has 2 aliphatic rings. The van der Waals surface area contributed by atoms with Gasteiger partial charge in [-0.2, -0.15) is 0 Å². The highest BCUT2D eigenvalue weighted by Gasteiger charge is 2.35. The van der Waals surface area contributed by atoms with Gasteiger partial charge in [-0.25, -0.2) is 0 Å². The third-order valence-corrected chi connectivity index (χ3v) is 4.91. The predicted molar refractivity (Wildman–Crippen MR) is 72.6 cm³/mol. The van der Waals surface area contributed by atoms with Crippen LogP contribution in [0, 0.1) is 11.3 Å². The Morgan fingerprint density at radius 3 is 2.39 bits per heavy atom. The van der Waals surface area contributed by atoms with Gasteiger partial charge in [-0.1, -0.05) is 6.92 Å². The SMILES string of the molecule is CC1CCC(N(C)CC2(C=O)CCOCC2)CC1. The highest BCUT2D eigenvalue weighted by molar-refractivity contribution is 5.60. The first-order chi connectivity index (χ1) is 8.65. The van der Waals surface area contributed by atoms with Crippen LogP contribution in [0.1, 0.15) is 45.4 Å². The van der Waals surface area contributed by atoms with Crippen molar-refractivity contribution in [3.8, 4) is 0 Å². The molecule has 1 saturated heterocycles. The summed E-state index contributed by atoms with van der Waals surface area (Å²) in [6.45, 7) is 4.75. The van der Waals surface area contributed by atoms with Gasteiger partial charge >= 0.3 is 0 Å². The van der Waals surface area contributed by atoms with Crippen LogP contribution in [0.5, 0.6) is 0 Å². The summed E-state index contributed by atoms with van der Waals surface area (Å²) < 4.78 is 5.39. The molecular weight excluding hydrogens is 226 g/mol. The lowest BCUT2D eigenvalue weighted by atomic mass is 9.80. The highest BCUT2D eigenvalue weighted by Crippen LogP contribution is 2.32. The van der Waals surface area contributed by atoms with Crippen molar-refractivity contribution < 1.29 is 9.53 Å². The first-order valence-electron chi connectivity index (χ1n) is 7.39. The molecule has 0 amide bonds. The molecule has 0 N–H and O–H groups in total. The molecular formula is C15H27NO2. The summed E-state index contributed by atoms with van der Waals surface area (Å²) in [6, 6.07) is 0.681. The van der Waals surface area contributed by atoms with Crippen LogP contribution in [0.2, 0.25) is 0 Å². The van der Waals surface area contributed by atoms with Gasteiger partial charge in [0.1, 0.15) is 6.29 Å². The van der Waals surface area contributed by atoms with Gasteiger partial charge in [-0.05, 0) is 51.5 Å². The van der Waals surface area contributed by atoms with Crippen LogP contribution in [0.3, 0.4) is 0 Å². The van der Waals surface area contributed by atoms with Crippen LogP contribution in [0.25, 0.3) is 0 Å². The van der Waals surface area contributed by atoms with Crippen molar-refractivity contribution in [1.82, 2.24) is 4.90 Å². The van der Waals surface area contributed by atoms with E-state index in [1.165, 1.54) is 32.0 Å². The van der Waals surface area contributed by atoms with Crippen molar-refractivity contribution >= 4 is 6.29 Å². The average Bonchev–Trinajstić information content (AvgIpc) is 2.40. The summed E-state index contributed by atoms with van der Waals surface area (Å²) in [5, 5.41) is 0. The second kappa shape index (κ2) is 6.16. The Labute approximate surface area is 111 Å².